The summed E-state index contributed by atoms with van der Waals surface area (Å²) in [6.45, 7) is 29.3. The van der Waals surface area contributed by atoms with Crippen LogP contribution in [0, 0.1) is 10.8 Å². The third kappa shape index (κ3) is 171. The van der Waals surface area contributed by atoms with Crippen LogP contribution in [0.4, 0.5) is 0 Å². The molecule has 0 aliphatic carbocycles. The summed E-state index contributed by atoms with van der Waals surface area (Å²) in [5, 5.41) is 152. The minimum atomic E-state index is -1.11. The molecule has 0 bridgehead atoms. The van der Waals surface area contributed by atoms with Gasteiger partial charge in [0.2, 0.25) is 0 Å². The normalized spacial score (nSPS) is 7.78. The van der Waals surface area contributed by atoms with Crippen LogP contribution in [0.3, 0.4) is 0 Å². The molecule has 19 N–H and O–H groups in total. The van der Waals surface area contributed by atoms with Gasteiger partial charge in [0.05, 0.1) is 63.7 Å². The van der Waals surface area contributed by atoms with E-state index in [1.54, 1.807) is 0 Å². The standard InChI is InChI=1S/2C5H12O4.11C3H4O2/c2*6-1-5(2-7,3-8)4-9;11*1-2-3(4)5/h2*6-9H,1-4H2;11*2H,1H2,(H,4,5). The van der Waals surface area contributed by atoms with E-state index in [0.29, 0.717) is 0 Å². The Balaban J connectivity index is -0.0000000489. The predicted octanol–water partition coefficient (Wildman–Crippen LogP) is -1.29. The number of hydrogen-bond donors (Lipinski definition) is 19. The van der Waals surface area contributed by atoms with E-state index in [2.05, 4.69) is 72.4 Å². The lowest BCUT2D eigenvalue weighted by molar-refractivity contribution is -0.132. The van der Waals surface area contributed by atoms with E-state index >= 15 is 0 Å². The second-order valence-electron chi connectivity index (χ2n) is 10.2. The van der Waals surface area contributed by atoms with E-state index in [1.165, 1.54) is 0 Å². The molecule has 0 saturated carbocycles. The minimum Gasteiger partial charge on any atom is -0.478 e. The molecular weight excluding hydrogens is 996 g/mol. The smallest absolute Gasteiger partial charge is 0.327 e. The van der Waals surface area contributed by atoms with Crippen LogP contribution in [0.5, 0.6) is 0 Å². The fourth-order valence-electron chi connectivity index (χ4n) is 0.600. The van der Waals surface area contributed by atoms with Crippen LogP contribution in [-0.2, 0) is 52.7 Å². The summed E-state index contributed by atoms with van der Waals surface area (Å²) in [4.78, 5) is 102. The zero-order valence-corrected chi connectivity index (χ0v) is 39.3. The van der Waals surface area contributed by atoms with Crippen molar-refractivity contribution >= 4 is 65.7 Å². The van der Waals surface area contributed by atoms with Gasteiger partial charge in [0.25, 0.3) is 0 Å². The van der Waals surface area contributed by atoms with Gasteiger partial charge in [-0.1, -0.05) is 72.4 Å². The van der Waals surface area contributed by atoms with Gasteiger partial charge in [-0.25, -0.2) is 52.7 Å². The van der Waals surface area contributed by atoms with Crippen molar-refractivity contribution in [1.82, 2.24) is 0 Å². The number of carbonyl (C=O) groups is 11. The van der Waals surface area contributed by atoms with Gasteiger partial charge in [0.1, 0.15) is 0 Å². The molecule has 0 aromatic rings. The summed E-state index contributed by atoms with van der Waals surface area (Å²) in [7, 11) is 0. The molecule has 0 aromatic heterocycles. The first kappa shape index (κ1) is 97.7. The Kier molecular flexibility index (Phi) is 107. The highest BCUT2D eigenvalue weighted by atomic mass is 16.4. The van der Waals surface area contributed by atoms with Gasteiger partial charge < -0.3 is 97.0 Å². The van der Waals surface area contributed by atoms with Gasteiger partial charge in [0.15, 0.2) is 0 Å². The molecule has 0 aliphatic heterocycles. The van der Waals surface area contributed by atoms with Crippen molar-refractivity contribution in [2.45, 2.75) is 0 Å². The second kappa shape index (κ2) is 80.0. The zero-order chi connectivity index (χ0) is 61.8. The first-order valence-electron chi connectivity index (χ1n) is 17.7. The van der Waals surface area contributed by atoms with E-state index in [9.17, 15) is 52.7 Å². The second-order valence-corrected chi connectivity index (χ2v) is 10.2. The van der Waals surface area contributed by atoms with Gasteiger partial charge in [-0.3, -0.25) is 0 Å². The lowest BCUT2D eigenvalue weighted by atomic mass is 9.93. The first-order chi connectivity index (χ1) is 33.5. The minimum absolute atomic E-state index is 0.406. The molecule has 30 nitrogen and oxygen atoms in total. The Morgan fingerprint density at radius 1 is 0.205 bits per heavy atom. The number of hydrogen-bond acceptors (Lipinski definition) is 19. The van der Waals surface area contributed by atoms with Crippen molar-refractivity contribution in [2.24, 2.45) is 10.8 Å². The number of aliphatic carboxylic acids is 11. The third-order valence-electron chi connectivity index (χ3n) is 4.60. The van der Waals surface area contributed by atoms with Crippen molar-refractivity contribution < 1.29 is 150 Å². The van der Waals surface area contributed by atoms with E-state index in [4.69, 9.17) is 97.0 Å². The molecular formula is C43H68O30. The lowest BCUT2D eigenvalue weighted by Crippen LogP contribution is -2.37. The molecule has 30 heteroatoms. The highest BCUT2D eigenvalue weighted by Gasteiger charge is 2.27. The zero-order valence-electron chi connectivity index (χ0n) is 39.3. The number of carboxylic acids is 11. The average Bonchev–Trinajstić information content (AvgIpc) is 3.37. The molecule has 0 spiro atoms. The van der Waals surface area contributed by atoms with Crippen molar-refractivity contribution in [2.75, 3.05) is 52.9 Å². The molecule has 420 valence electrons. The van der Waals surface area contributed by atoms with Crippen LogP contribution >= 0.6 is 0 Å². The van der Waals surface area contributed by atoms with E-state index in [0.717, 1.165) is 66.8 Å². The maximum Gasteiger partial charge on any atom is 0.327 e. The molecule has 0 aliphatic rings. The fourth-order valence-corrected chi connectivity index (χ4v) is 0.600. The van der Waals surface area contributed by atoms with E-state index < -0.39 is 129 Å². The number of rotatable bonds is 19. The van der Waals surface area contributed by atoms with Crippen molar-refractivity contribution in [3.05, 3.63) is 139 Å². The fraction of sp³-hybridized carbons (Fsp3) is 0.233. The monoisotopic (exact) mass is 1060 g/mol. The first-order valence-corrected chi connectivity index (χ1v) is 17.7. The van der Waals surface area contributed by atoms with Crippen LogP contribution in [-0.4, -0.2) is 216 Å². The molecule has 0 heterocycles. The van der Waals surface area contributed by atoms with Crippen LogP contribution in [0.2, 0.25) is 0 Å². The molecule has 0 radical (unpaired) electrons. The SMILES string of the molecule is C=CC(=O)O.C=CC(=O)O.C=CC(=O)O.C=CC(=O)O.C=CC(=O)O.C=CC(=O)O.C=CC(=O)O.C=CC(=O)O.C=CC(=O)O.C=CC(=O)O.C=CC(=O)O.OCC(CO)(CO)CO.OCC(CO)(CO)CO. The summed E-state index contributed by atoms with van der Waals surface area (Å²) in [6, 6.07) is 0. The Morgan fingerprint density at radius 2 is 0.247 bits per heavy atom. The van der Waals surface area contributed by atoms with Gasteiger partial charge in [0, 0.05) is 66.8 Å². The molecule has 0 saturated heterocycles. The van der Waals surface area contributed by atoms with Gasteiger partial charge in [-0.2, -0.15) is 0 Å². The molecule has 0 atom stereocenters. The highest BCUT2D eigenvalue weighted by Crippen LogP contribution is 2.12. The Bertz CT molecular complexity index is 1240. The molecule has 0 fully saturated rings. The largest absolute Gasteiger partial charge is 0.478 e. The highest BCUT2D eigenvalue weighted by molar-refractivity contribution is 5.81. The predicted molar refractivity (Wildman–Crippen MR) is 258 cm³/mol. The average molecular weight is 1060 g/mol. The molecule has 0 amide bonds. The number of aliphatic hydroxyl groups is 8. The lowest BCUT2D eigenvalue weighted by Gasteiger charge is -2.23. The molecule has 0 aromatic carbocycles. The Hall–Kier alpha value is -9.01. The van der Waals surface area contributed by atoms with Crippen LogP contribution in [0.15, 0.2) is 139 Å². The summed E-state index contributed by atoms with van der Waals surface area (Å²) < 4.78 is 0. The van der Waals surface area contributed by atoms with Crippen molar-refractivity contribution in [1.29, 1.82) is 0 Å². The van der Waals surface area contributed by atoms with Gasteiger partial charge in [-0.15, -0.1) is 0 Å². The molecule has 0 rings (SSSR count). The summed E-state index contributed by atoms with van der Waals surface area (Å²) in [5.41, 5.74) is -2.22. The quantitative estimate of drug-likeness (QED) is 0.0669. The summed E-state index contributed by atoms with van der Waals surface area (Å²) in [5.74, 6) is -10.8. The van der Waals surface area contributed by atoms with Crippen LogP contribution in [0.25, 0.3) is 0 Å². The van der Waals surface area contributed by atoms with Gasteiger partial charge >= 0.3 is 65.7 Å². The molecule has 73 heavy (non-hydrogen) atoms. The Labute approximate surface area is 417 Å². The topological polar surface area (TPSA) is 572 Å². The maximum absolute atomic E-state index is 9.25. The van der Waals surface area contributed by atoms with Gasteiger partial charge in [-0.05, 0) is 0 Å². The third-order valence-corrected chi connectivity index (χ3v) is 4.60. The van der Waals surface area contributed by atoms with Crippen molar-refractivity contribution in [3.63, 3.8) is 0 Å². The van der Waals surface area contributed by atoms with Crippen LogP contribution < -0.4 is 0 Å². The summed E-state index contributed by atoms with van der Waals surface area (Å²) >= 11 is 0. The van der Waals surface area contributed by atoms with Crippen molar-refractivity contribution in [3.8, 4) is 0 Å². The van der Waals surface area contributed by atoms with E-state index in [-0.39, 0.29) is 0 Å². The van der Waals surface area contributed by atoms with Crippen LogP contribution in [0.1, 0.15) is 0 Å². The van der Waals surface area contributed by atoms with E-state index in [1.807, 2.05) is 0 Å². The number of aliphatic hydroxyl groups excluding tert-OH is 8. The maximum atomic E-state index is 9.25. The summed E-state index contributed by atoms with van der Waals surface area (Å²) in [6.07, 6.45) is 9.17. The molecule has 0 unspecified atom stereocenters. The number of carboxylic acid groups (broad SMARTS) is 11. The Morgan fingerprint density at radius 3 is 0.247 bits per heavy atom.